The lowest BCUT2D eigenvalue weighted by Gasteiger charge is -2.26. The summed E-state index contributed by atoms with van der Waals surface area (Å²) in [6.07, 6.45) is 1.59. The minimum atomic E-state index is 0.473. The number of hydrogen-bond acceptors (Lipinski definition) is 4. The van der Waals surface area contributed by atoms with E-state index in [1.54, 1.807) is 12.3 Å². The van der Waals surface area contributed by atoms with Crippen molar-refractivity contribution in [2.24, 2.45) is 5.10 Å². The average Bonchev–Trinajstić information content (AvgIpc) is 2.52. The van der Waals surface area contributed by atoms with Gasteiger partial charge in [-0.2, -0.15) is 5.10 Å². The number of ether oxygens (including phenoxy) is 1. The molecule has 0 spiro atoms. The molecule has 0 radical (unpaired) electrons. The van der Waals surface area contributed by atoms with E-state index in [1.165, 1.54) is 0 Å². The molecule has 22 heavy (non-hydrogen) atoms. The zero-order valence-corrected chi connectivity index (χ0v) is 14.3. The Morgan fingerprint density at radius 1 is 1.36 bits per heavy atom. The van der Waals surface area contributed by atoms with Gasteiger partial charge in [-0.3, -0.25) is 10.3 Å². The van der Waals surface area contributed by atoms with Crippen LogP contribution in [0.1, 0.15) is 5.56 Å². The van der Waals surface area contributed by atoms with Gasteiger partial charge in [-0.1, -0.05) is 35.3 Å². The Bertz CT molecular complexity index is 536. The Hall–Kier alpha value is -0.920. The summed E-state index contributed by atoms with van der Waals surface area (Å²) in [5, 5.41) is 8.61. The summed E-state index contributed by atoms with van der Waals surface area (Å²) in [7, 11) is 0. The van der Waals surface area contributed by atoms with Gasteiger partial charge in [0.2, 0.25) is 0 Å². The topological polar surface area (TPSA) is 48.9 Å². The number of hydrazone groups is 1. The first kappa shape index (κ1) is 17.4. The standard InChI is InChI=1S/C14H18Cl2N4OS/c15-12-3-1-2-11(13(12)16)10-18-19-14(22)17-4-5-20-6-8-21-9-7-20/h1-3,10H,4-9H2,(H2,17,19,22)/b18-10+. The number of nitrogens with zero attached hydrogens (tertiary/aromatic N) is 2. The fraction of sp³-hybridized carbons (Fsp3) is 0.429. The molecule has 1 aliphatic heterocycles. The molecule has 1 fully saturated rings. The molecule has 2 rings (SSSR count). The number of rotatable bonds is 5. The molecule has 0 saturated carbocycles. The van der Waals surface area contributed by atoms with Crippen molar-refractivity contribution in [3.8, 4) is 0 Å². The maximum Gasteiger partial charge on any atom is 0.187 e. The molecule has 120 valence electrons. The third kappa shape index (κ3) is 5.70. The van der Waals surface area contributed by atoms with E-state index in [9.17, 15) is 0 Å². The number of hydrogen-bond donors (Lipinski definition) is 2. The van der Waals surface area contributed by atoms with Crippen LogP contribution in [-0.4, -0.2) is 55.6 Å². The Kier molecular flexibility index (Phi) is 7.35. The van der Waals surface area contributed by atoms with Crippen LogP contribution in [-0.2, 0) is 4.74 Å². The van der Waals surface area contributed by atoms with Crippen molar-refractivity contribution in [2.45, 2.75) is 0 Å². The number of benzene rings is 1. The second-order valence-electron chi connectivity index (χ2n) is 4.72. The van der Waals surface area contributed by atoms with Crippen molar-refractivity contribution < 1.29 is 4.74 Å². The molecule has 1 aliphatic rings. The molecule has 1 heterocycles. The minimum Gasteiger partial charge on any atom is -0.379 e. The summed E-state index contributed by atoms with van der Waals surface area (Å²) in [5.41, 5.74) is 3.49. The molecular formula is C14H18Cl2N4OS. The van der Waals surface area contributed by atoms with Crippen molar-refractivity contribution in [3.63, 3.8) is 0 Å². The van der Waals surface area contributed by atoms with Crippen LogP contribution in [0, 0.1) is 0 Å². The van der Waals surface area contributed by atoms with Crippen LogP contribution in [0.2, 0.25) is 10.0 Å². The number of halogens is 2. The molecule has 8 heteroatoms. The quantitative estimate of drug-likeness (QED) is 0.478. The first-order valence-corrected chi connectivity index (χ1v) is 8.14. The highest BCUT2D eigenvalue weighted by atomic mass is 35.5. The third-order valence-electron chi connectivity index (χ3n) is 3.17. The highest BCUT2D eigenvalue weighted by molar-refractivity contribution is 7.80. The van der Waals surface area contributed by atoms with Crippen LogP contribution in [0.3, 0.4) is 0 Å². The summed E-state index contributed by atoms with van der Waals surface area (Å²) < 4.78 is 5.30. The minimum absolute atomic E-state index is 0.473. The van der Waals surface area contributed by atoms with E-state index >= 15 is 0 Å². The maximum absolute atomic E-state index is 6.06. The van der Waals surface area contributed by atoms with Crippen molar-refractivity contribution in [2.75, 3.05) is 39.4 Å². The van der Waals surface area contributed by atoms with Gasteiger partial charge in [-0.15, -0.1) is 0 Å². The van der Waals surface area contributed by atoms with Crippen LogP contribution in [0.5, 0.6) is 0 Å². The molecule has 5 nitrogen and oxygen atoms in total. The molecule has 0 aromatic heterocycles. The number of morpholine rings is 1. The first-order valence-electron chi connectivity index (χ1n) is 6.98. The lowest BCUT2D eigenvalue weighted by Crippen LogP contribution is -2.42. The molecule has 2 N–H and O–H groups in total. The maximum atomic E-state index is 6.06. The van der Waals surface area contributed by atoms with Crippen LogP contribution >= 0.6 is 35.4 Å². The lowest BCUT2D eigenvalue weighted by molar-refractivity contribution is 0.0389. The summed E-state index contributed by atoms with van der Waals surface area (Å²) in [6, 6.07) is 5.37. The van der Waals surface area contributed by atoms with Gasteiger partial charge < -0.3 is 10.1 Å². The second-order valence-corrected chi connectivity index (χ2v) is 5.92. The zero-order chi connectivity index (χ0) is 15.8. The summed E-state index contributed by atoms with van der Waals surface area (Å²) in [6.45, 7) is 5.22. The molecule has 1 saturated heterocycles. The molecule has 0 unspecified atom stereocenters. The smallest absolute Gasteiger partial charge is 0.187 e. The summed E-state index contributed by atoms with van der Waals surface area (Å²) in [5.74, 6) is 0. The summed E-state index contributed by atoms with van der Waals surface area (Å²) >= 11 is 17.2. The Morgan fingerprint density at radius 3 is 2.91 bits per heavy atom. The predicted octanol–water partition coefficient (Wildman–Crippen LogP) is 2.12. The van der Waals surface area contributed by atoms with Crippen molar-refractivity contribution in [1.82, 2.24) is 15.6 Å². The summed E-state index contributed by atoms with van der Waals surface area (Å²) in [4.78, 5) is 2.33. The van der Waals surface area contributed by atoms with E-state index in [4.69, 9.17) is 40.2 Å². The molecular weight excluding hydrogens is 343 g/mol. The second kappa shape index (κ2) is 9.27. The lowest BCUT2D eigenvalue weighted by atomic mass is 10.2. The van der Waals surface area contributed by atoms with Gasteiger partial charge >= 0.3 is 0 Å². The molecule has 0 atom stereocenters. The van der Waals surface area contributed by atoms with Gasteiger partial charge in [0, 0.05) is 31.7 Å². The monoisotopic (exact) mass is 360 g/mol. The molecule has 0 amide bonds. The van der Waals surface area contributed by atoms with Gasteiger partial charge in [0.1, 0.15) is 0 Å². The SMILES string of the molecule is S=C(NCCN1CCOCC1)N/N=C/c1cccc(Cl)c1Cl. The predicted molar refractivity (Wildman–Crippen MR) is 95.1 cm³/mol. The molecule has 1 aromatic rings. The zero-order valence-electron chi connectivity index (χ0n) is 12.0. The van der Waals surface area contributed by atoms with Crippen LogP contribution in [0.25, 0.3) is 0 Å². The van der Waals surface area contributed by atoms with Crippen molar-refractivity contribution >= 4 is 46.7 Å². The van der Waals surface area contributed by atoms with E-state index in [0.717, 1.165) is 45.0 Å². The van der Waals surface area contributed by atoms with Gasteiger partial charge in [-0.05, 0) is 18.3 Å². The Morgan fingerprint density at radius 2 is 2.14 bits per heavy atom. The fourth-order valence-electron chi connectivity index (χ4n) is 1.97. The Labute approximate surface area is 145 Å². The van der Waals surface area contributed by atoms with E-state index in [2.05, 4.69) is 20.7 Å². The van der Waals surface area contributed by atoms with E-state index in [0.29, 0.717) is 15.2 Å². The van der Waals surface area contributed by atoms with Crippen molar-refractivity contribution in [1.29, 1.82) is 0 Å². The average molecular weight is 361 g/mol. The van der Waals surface area contributed by atoms with Gasteiger partial charge in [-0.25, -0.2) is 0 Å². The number of nitrogens with one attached hydrogen (secondary N) is 2. The molecule has 0 bridgehead atoms. The largest absolute Gasteiger partial charge is 0.379 e. The van der Waals surface area contributed by atoms with E-state index in [1.807, 2.05) is 12.1 Å². The molecule has 1 aromatic carbocycles. The number of thiocarbonyl (C=S) groups is 1. The normalized spacial score (nSPS) is 15.9. The first-order chi connectivity index (χ1) is 10.7. The van der Waals surface area contributed by atoms with Gasteiger partial charge in [0.25, 0.3) is 0 Å². The molecule has 0 aliphatic carbocycles. The fourth-order valence-corrected chi connectivity index (χ4v) is 2.48. The van der Waals surface area contributed by atoms with Crippen LogP contribution < -0.4 is 10.7 Å². The van der Waals surface area contributed by atoms with E-state index < -0.39 is 0 Å². The highest BCUT2D eigenvalue weighted by Crippen LogP contribution is 2.23. The van der Waals surface area contributed by atoms with Crippen LogP contribution in [0.15, 0.2) is 23.3 Å². The van der Waals surface area contributed by atoms with Gasteiger partial charge in [0.05, 0.1) is 29.5 Å². The van der Waals surface area contributed by atoms with Gasteiger partial charge in [0.15, 0.2) is 5.11 Å². The third-order valence-corrected chi connectivity index (χ3v) is 4.24. The highest BCUT2D eigenvalue weighted by Gasteiger charge is 2.09. The van der Waals surface area contributed by atoms with Crippen LogP contribution in [0.4, 0.5) is 0 Å². The van der Waals surface area contributed by atoms with E-state index in [-0.39, 0.29) is 0 Å². The Balaban J connectivity index is 1.68. The van der Waals surface area contributed by atoms with Crippen molar-refractivity contribution in [3.05, 3.63) is 33.8 Å².